The summed E-state index contributed by atoms with van der Waals surface area (Å²) in [6, 6.07) is 13.2. The Hall–Kier alpha value is -3.25. The number of nitrogens with one attached hydrogen (secondary N) is 1. The fourth-order valence-electron chi connectivity index (χ4n) is 4.74. The molecule has 0 unspecified atom stereocenters. The van der Waals surface area contributed by atoms with Gasteiger partial charge < -0.3 is 19.9 Å². The molecule has 33 heavy (non-hydrogen) atoms. The molecule has 2 aliphatic rings. The molecule has 0 spiro atoms. The quantitative estimate of drug-likeness (QED) is 0.603. The molecule has 0 aromatic heterocycles. The largest absolute Gasteiger partial charge is 0.503 e. The summed E-state index contributed by atoms with van der Waals surface area (Å²) in [4.78, 5) is 26.4. The van der Waals surface area contributed by atoms with E-state index in [1.165, 1.54) is 7.11 Å². The SMILES string of the molecule is CCOc1cc([C@@H]2C(C(=O)OC)=C(C)NC3=C2C(=O)C[C@@H](c2ccccc2)C3)cc(Cl)c1O. The molecule has 0 radical (unpaired) electrons. The van der Waals surface area contributed by atoms with E-state index in [1.807, 2.05) is 30.3 Å². The van der Waals surface area contributed by atoms with E-state index in [0.717, 1.165) is 11.3 Å². The lowest BCUT2D eigenvalue weighted by atomic mass is 9.71. The minimum Gasteiger partial charge on any atom is -0.503 e. The summed E-state index contributed by atoms with van der Waals surface area (Å²) in [5, 5.41) is 13.7. The van der Waals surface area contributed by atoms with Crippen LogP contribution in [0.2, 0.25) is 5.02 Å². The lowest BCUT2D eigenvalue weighted by Crippen LogP contribution is -2.36. The van der Waals surface area contributed by atoms with Crippen LogP contribution in [-0.4, -0.2) is 30.6 Å². The maximum absolute atomic E-state index is 13.5. The number of dihydropyridines is 1. The van der Waals surface area contributed by atoms with Gasteiger partial charge in [-0.05, 0) is 49.4 Å². The van der Waals surface area contributed by atoms with Gasteiger partial charge in [0.2, 0.25) is 0 Å². The second-order valence-electron chi connectivity index (χ2n) is 8.20. The van der Waals surface area contributed by atoms with Crippen molar-refractivity contribution in [3.63, 3.8) is 0 Å². The number of rotatable bonds is 5. The smallest absolute Gasteiger partial charge is 0.336 e. The third-order valence-corrected chi connectivity index (χ3v) is 6.48. The monoisotopic (exact) mass is 467 g/mol. The van der Waals surface area contributed by atoms with Crippen molar-refractivity contribution in [2.45, 2.75) is 38.5 Å². The third-order valence-electron chi connectivity index (χ3n) is 6.19. The van der Waals surface area contributed by atoms with Crippen LogP contribution in [-0.2, 0) is 14.3 Å². The number of halogens is 1. The van der Waals surface area contributed by atoms with Gasteiger partial charge in [0.15, 0.2) is 17.3 Å². The number of aromatic hydroxyl groups is 1. The highest BCUT2D eigenvalue weighted by atomic mass is 35.5. The molecular weight excluding hydrogens is 442 g/mol. The number of methoxy groups -OCH3 is 1. The average molecular weight is 468 g/mol. The first-order valence-electron chi connectivity index (χ1n) is 10.9. The number of ketones is 1. The average Bonchev–Trinajstić information content (AvgIpc) is 2.81. The van der Waals surface area contributed by atoms with Crippen molar-refractivity contribution < 1.29 is 24.2 Å². The number of hydrogen-bond donors (Lipinski definition) is 2. The van der Waals surface area contributed by atoms with E-state index in [0.29, 0.717) is 41.9 Å². The molecule has 2 aromatic carbocycles. The number of hydrogen-bond acceptors (Lipinski definition) is 6. The number of phenols is 1. The molecule has 2 aromatic rings. The maximum Gasteiger partial charge on any atom is 0.336 e. The minimum atomic E-state index is -0.685. The Morgan fingerprint density at radius 3 is 2.58 bits per heavy atom. The van der Waals surface area contributed by atoms with Crippen LogP contribution in [0.25, 0.3) is 0 Å². The molecule has 0 saturated carbocycles. The number of carbonyl (C=O) groups excluding carboxylic acids is 2. The van der Waals surface area contributed by atoms with E-state index in [1.54, 1.807) is 26.0 Å². The predicted octanol–water partition coefficient (Wildman–Crippen LogP) is 4.98. The summed E-state index contributed by atoms with van der Waals surface area (Å²) < 4.78 is 10.6. The molecule has 7 heteroatoms. The number of carbonyl (C=O) groups is 2. The number of Topliss-reactive ketones (excluding diaryl/α,β-unsaturated/α-hetero) is 1. The molecule has 2 atom stereocenters. The van der Waals surface area contributed by atoms with E-state index in [9.17, 15) is 14.7 Å². The Labute approximate surface area is 197 Å². The van der Waals surface area contributed by atoms with Crippen molar-refractivity contribution in [2.75, 3.05) is 13.7 Å². The molecule has 172 valence electrons. The Kier molecular flexibility index (Phi) is 6.47. The molecule has 1 aliphatic heterocycles. The number of benzene rings is 2. The van der Waals surface area contributed by atoms with Gasteiger partial charge in [0.25, 0.3) is 0 Å². The van der Waals surface area contributed by atoms with Crippen molar-refractivity contribution in [3.8, 4) is 11.5 Å². The van der Waals surface area contributed by atoms with Crippen LogP contribution < -0.4 is 10.1 Å². The summed E-state index contributed by atoms with van der Waals surface area (Å²) in [6.07, 6.45) is 0.968. The maximum atomic E-state index is 13.5. The predicted molar refractivity (Wildman–Crippen MR) is 125 cm³/mol. The zero-order valence-electron chi connectivity index (χ0n) is 18.8. The van der Waals surface area contributed by atoms with E-state index in [4.69, 9.17) is 21.1 Å². The van der Waals surface area contributed by atoms with E-state index < -0.39 is 11.9 Å². The van der Waals surface area contributed by atoms with E-state index >= 15 is 0 Å². The van der Waals surface area contributed by atoms with Crippen molar-refractivity contribution >= 4 is 23.4 Å². The summed E-state index contributed by atoms with van der Waals surface area (Å²) in [7, 11) is 1.31. The fraction of sp³-hybridized carbons (Fsp3) is 0.308. The Morgan fingerprint density at radius 1 is 1.18 bits per heavy atom. The van der Waals surface area contributed by atoms with Gasteiger partial charge in [-0.2, -0.15) is 0 Å². The first-order chi connectivity index (χ1) is 15.8. The molecule has 0 bridgehead atoms. The van der Waals surface area contributed by atoms with Gasteiger partial charge in [-0.15, -0.1) is 0 Å². The van der Waals surface area contributed by atoms with Gasteiger partial charge in [-0.3, -0.25) is 4.79 Å². The standard InChI is InChI=1S/C26H26ClNO5/c1-4-33-21-13-17(10-18(27)25(21)30)23-22(26(31)32-3)14(2)28-19-11-16(12-20(29)24(19)23)15-8-6-5-7-9-15/h5-10,13,16,23,28,30H,4,11-12H2,1-3H3/t16-,23+/m0/s1. The summed E-state index contributed by atoms with van der Waals surface area (Å²) in [5.41, 5.74) is 3.96. The third kappa shape index (κ3) is 4.23. The number of allylic oxidation sites excluding steroid dienone is 3. The Balaban J connectivity index is 1.86. The molecule has 6 nitrogen and oxygen atoms in total. The zero-order chi connectivity index (χ0) is 23.7. The van der Waals surface area contributed by atoms with Gasteiger partial charge in [0.1, 0.15) is 0 Å². The molecule has 0 fully saturated rings. The van der Waals surface area contributed by atoms with Crippen molar-refractivity contribution in [1.82, 2.24) is 5.32 Å². The van der Waals surface area contributed by atoms with E-state index in [2.05, 4.69) is 5.32 Å². The topological polar surface area (TPSA) is 84.9 Å². The molecule has 2 N–H and O–H groups in total. The lowest BCUT2D eigenvalue weighted by Gasteiger charge is -2.36. The van der Waals surface area contributed by atoms with Crippen LogP contribution in [0.15, 0.2) is 65.0 Å². The molecule has 0 saturated heterocycles. The number of phenolic OH excluding ortho intramolecular Hbond substituents is 1. The van der Waals surface area contributed by atoms with Crippen LogP contribution in [0.5, 0.6) is 11.5 Å². The van der Waals surface area contributed by atoms with Crippen LogP contribution >= 0.6 is 11.6 Å². The second-order valence-corrected chi connectivity index (χ2v) is 8.61. The molecule has 0 amide bonds. The zero-order valence-corrected chi connectivity index (χ0v) is 19.5. The van der Waals surface area contributed by atoms with Crippen LogP contribution in [0.4, 0.5) is 0 Å². The minimum absolute atomic E-state index is 0.0421. The lowest BCUT2D eigenvalue weighted by molar-refractivity contribution is -0.136. The highest BCUT2D eigenvalue weighted by Crippen LogP contribution is 2.48. The molecular formula is C26H26ClNO5. The first kappa shape index (κ1) is 22.9. The molecule has 1 heterocycles. The van der Waals surface area contributed by atoms with Gasteiger partial charge in [0.05, 0.1) is 24.3 Å². The normalized spacial score (nSPS) is 20.3. The summed E-state index contributed by atoms with van der Waals surface area (Å²) >= 11 is 6.31. The van der Waals surface area contributed by atoms with Crippen LogP contribution in [0, 0.1) is 0 Å². The molecule has 4 rings (SSSR count). The van der Waals surface area contributed by atoms with Crippen molar-refractivity contribution in [1.29, 1.82) is 0 Å². The van der Waals surface area contributed by atoms with Crippen LogP contribution in [0.1, 0.15) is 49.7 Å². The summed E-state index contributed by atoms with van der Waals surface area (Å²) in [5.74, 6) is -1.19. The van der Waals surface area contributed by atoms with Gasteiger partial charge in [-0.1, -0.05) is 41.9 Å². The highest BCUT2D eigenvalue weighted by molar-refractivity contribution is 6.32. The van der Waals surface area contributed by atoms with Gasteiger partial charge in [0, 0.05) is 29.3 Å². The van der Waals surface area contributed by atoms with Gasteiger partial charge >= 0.3 is 5.97 Å². The highest BCUT2D eigenvalue weighted by Gasteiger charge is 2.41. The van der Waals surface area contributed by atoms with Crippen LogP contribution in [0.3, 0.4) is 0 Å². The van der Waals surface area contributed by atoms with E-state index in [-0.39, 0.29) is 28.2 Å². The molecule has 1 aliphatic carbocycles. The van der Waals surface area contributed by atoms with Crippen molar-refractivity contribution in [3.05, 3.63) is 81.2 Å². The number of ether oxygens (including phenoxy) is 2. The summed E-state index contributed by atoms with van der Waals surface area (Å²) in [6.45, 7) is 3.92. The fourth-order valence-corrected chi connectivity index (χ4v) is 4.96. The van der Waals surface area contributed by atoms with Crippen molar-refractivity contribution in [2.24, 2.45) is 0 Å². The number of esters is 1. The second kappa shape index (κ2) is 9.32. The first-order valence-corrected chi connectivity index (χ1v) is 11.3. The van der Waals surface area contributed by atoms with Gasteiger partial charge in [-0.25, -0.2) is 4.79 Å². The Morgan fingerprint density at radius 2 is 1.91 bits per heavy atom. The Bertz CT molecular complexity index is 1170.